The molecule has 13 nitrogen and oxygen atoms in total. The number of amides is 2. The Morgan fingerprint density at radius 3 is 2.36 bits per heavy atom. The third-order valence-corrected chi connectivity index (χ3v) is 5.35. The van der Waals surface area contributed by atoms with Crippen LogP contribution in [0.5, 0.6) is 5.75 Å². The molecule has 1 aromatic rings. The van der Waals surface area contributed by atoms with Crippen molar-refractivity contribution < 1.29 is 43.0 Å². The molecule has 0 aromatic heterocycles. The van der Waals surface area contributed by atoms with Crippen molar-refractivity contribution in [2.45, 2.75) is 78.9 Å². The number of methoxy groups -OCH3 is 1. The van der Waals surface area contributed by atoms with Gasteiger partial charge in [0.05, 0.1) is 18.6 Å². The number of nitrogens with one attached hydrogen (secondary N) is 1. The number of nitro benzene ring substituents is 1. The number of nitro groups is 1. The second-order valence-electron chi connectivity index (χ2n) is 9.58. The van der Waals surface area contributed by atoms with Crippen LogP contribution in [0.2, 0.25) is 0 Å². The largest absolute Gasteiger partial charge is 0.482 e. The Hall–Kier alpha value is -3.90. The minimum Gasteiger partial charge on any atom is -0.482 e. The second kappa shape index (κ2) is 15.5. The lowest BCUT2D eigenvalue weighted by Gasteiger charge is -2.22. The number of alkyl carbamates (subject to hydrolysis) is 1. The monoisotopic (exact) mass is 553 g/mol. The highest BCUT2D eigenvalue weighted by molar-refractivity contribution is 5.97. The summed E-state index contributed by atoms with van der Waals surface area (Å²) in [7, 11) is 1.24. The van der Waals surface area contributed by atoms with E-state index < -0.39 is 34.6 Å². The van der Waals surface area contributed by atoms with Gasteiger partial charge in [0, 0.05) is 25.1 Å². The van der Waals surface area contributed by atoms with E-state index in [-0.39, 0.29) is 23.9 Å². The van der Waals surface area contributed by atoms with Gasteiger partial charge in [0.15, 0.2) is 6.61 Å². The molecule has 2 amide bonds. The second-order valence-corrected chi connectivity index (χ2v) is 9.58. The molecular weight excluding hydrogens is 514 g/mol. The number of hydrogen-bond acceptors (Lipinski definition) is 10. The van der Waals surface area contributed by atoms with Gasteiger partial charge in [-0.2, -0.15) is 0 Å². The van der Waals surface area contributed by atoms with E-state index in [0.717, 1.165) is 12.8 Å². The molecule has 1 heterocycles. The molecule has 0 fully saturated rings. The van der Waals surface area contributed by atoms with Crippen LogP contribution in [0.3, 0.4) is 0 Å². The predicted octanol–water partition coefficient (Wildman–Crippen LogP) is 3.69. The molecule has 0 saturated carbocycles. The van der Waals surface area contributed by atoms with Crippen LogP contribution in [0, 0.1) is 10.1 Å². The maximum Gasteiger partial charge on any atom is 0.408 e. The fourth-order valence-corrected chi connectivity index (χ4v) is 3.47. The number of carbonyl (C=O) groups excluding carboxylic acids is 4. The van der Waals surface area contributed by atoms with Crippen molar-refractivity contribution in [3.8, 4) is 5.75 Å². The number of benzene rings is 1. The average molecular weight is 554 g/mol. The highest BCUT2D eigenvalue weighted by Gasteiger charge is 2.33. The Morgan fingerprint density at radius 1 is 1.18 bits per heavy atom. The Balaban J connectivity index is 0.000000396. The van der Waals surface area contributed by atoms with Gasteiger partial charge in [-0.05, 0) is 46.1 Å². The summed E-state index contributed by atoms with van der Waals surface area (Å²) in [5.74, 6) is -0.882. The van der Waals surface area contributed by atoms with Crippen LogP contribution in [0.25, 0.3) is 0 Å². The third-order valence-electron chi connectivity index (χ3n) is 5.35. The lowest BCUT2D eigenvalue weighted by atomic mass is 10.1. The van der Waals surface area contributed by atoms with Crippen LogP contribution in [0.1, 0.15) is 66.4 Å². The fourth-order valence-electron chi connectivity index (χ4n) is 3.47. The summed E-state index contributed by atoms with van der Waals surface area (Å²) >= 11 is 0. The molecule has 2 rings (SSSR count). The first kappa shape index (κ1) is 33.1. The number of ether oxygens (including phenoxy) is 4. The zero-order chi connectivity index (χ0) is 29.8. The molecule has 1 aliphatic heterocycles. The normalized spacial score (nSPS) is 12.7. The number of nitrogens with zero attached hydrogens (tertiary/aromatic N) is 2. The molecule has 13 heteroatoms. The Morgan fingerprint density at radius 2 is 1.85 bits per heavy atom. The molecule has 39 heavy (non-hydrogen) atoms. The van der Waals surface area contributed by atoms with Gasteiger partial charge in [0.1, 0.15) is 23.1 Å². The van der Waals surface area contributed by atoms with E-state index in [9.17, 15) is 29.3 Å². The predicted molar refractivity (Wildman–Crippen MR) is 142 cm³/mol. The molecule has 218 valence electrons. The fraction of sp³-hybridized carbons (Fsp3) is 0.615. The molecule has 1 aromatic carbocycles. The Kier molecular flexibility index (Phi) is 13.2. The molecule has 0 bridgehead atoms. The van der Waals surface area contributed by atoms with Crippen molar-refractivity contribution in [1.82, 2.24) is 5.32 Å². The first-order valence-electron chi connectivity index (χ1n) is 12.7. The van der Waals surface area contributed by atoms with Crippen LogP contribution in [-0.4, -0.2) is 67.4 Å². The minimum absolute atomic E-state index is 0.150. The van der Waals surface area contributed by atoms with Gasteiger partial charge in [0.2, 0.25) is 5.91 Å². The topological polar surface area (TPSA) is 164 Å². The highest BCUT2D eigenvalue weighted by atomic mass is 16.6. The van der Waals surface area contributed by atoms with E-state index in [0.29, 0.717) is 37.3 Å². The highest BCUT2D eigenvalue weighted by Crippen LogP contribution is 2.42. The lowest BCUT2D eigenvalue weighted by molar-refractivity contribution is -0.384. The summed E-state index contributed by atoms with van der Waals surface area (Å²) in [5, 5.41) is 13.6. The zero-order valence-electron chi connectivity index (χ0n) is 23.7. The summed E-state index contributed by atoms with van der Waals surface area (Å²) in [4.78, 5) is 57.8. The number of unbranched alkanes of at least 4 members (excludes halogenated alkanes) is 1. The van der Waals surface area contributed by atoms with Crippen molar-refractivity contribution in [2.75, 3.05) is 31.8 Å². The van der Waals surface area contributed by atoms with Crippen molar-refractivity contribution in [2.24, 2.45) is 0 Å². The summed E-state index contributed by atoms with van der Waals surface area (Å²) in [6, 6.07) is 2.06. The molecule has 1 unspecified atom stereocenters. The van der Waals surface area contributed by atoms with Crippen LogP contribution < -0.4 is 15.0 Å². The average Bonchev–Trinajstić information content (AvgIpc) is 3.30. The lowest BCUT2D eigenvalue weighted by Crippen LogP contribution is -2.43. The quantitative estimate of drug-likeness (QED) is 0.149. The summed E-state index contributed by atoms with van der Waals surface area (Å²) in [6.07, 6.45) is 2.11. The van der Waals surface area contributed by atoms with Gasteiger partial charge < -0.3 is 29.2 Å². The van der Waals surface area contributed by atoms with Gasteiger partial charge in [0.25, 0.3) is 5.69 Å². The van der Waals surface area contributed by atoms with E-state index in [4.69, 9.17) is 14.2 Å². The van der Waals surface area contributed by atoms with Crippen LogP contribution in [0.15, 0.2) is 12.1 Å². The summed E-state index contributed by atoms with van der Waals surface area (Å²) in [6.45, 7) is 10.9. The van der Waals surface area contributed by atoms with Gasteiger partial charge in [-0.1, -0.05) is 20.3 Å². The molecule has 1 atom stereocenters. The maximum absolute atomic E-state index is 11.7. The molecule has 1 aliphatic rings. The summed E-state index contributed by atoms with van der Waals surface area (Å²) < 4.78 is 20.0. The van der Waals surface area contributed by atoms with Gasteiger partial charge >= 0.3 is 18.0 Å². The van der Waals surface area contributed by atoms with E-state index in [1.165, 1.54) is 31.1 Å². The van der Waals surface area contributed by atoms with Crippen LogP contribution in [-0.2, 0) is 35.0 Å². The number of rotatable bonds is 10. The molecule has 0 radical (unpaired) electrons. The number of carbonyl (C=O) groups is 4. The standard InChI is InChI=1S/C13H14N2O6.C13H25NO4/c1-8(16)14-6-5-9-11(21-7-12(17)20-2)4-3-10(13(9)14)15(18)19;1-6-8-9-17-11(15)10(7-2)14-12(16)18-13(3,4)5/h3-4H,5-7H2,1-2H3;10H,6-9H2,1-5H3,(H,14,16). The summed E-state index contributed by atoms with van der Waals surface area (Å²) in [5.41, 5.74) is 0.0791. The minimum atomic E-state index is -0.642. The first-order chi connectivity index (χ1) is 18.2. The number of hydrogen-bond donors (Lipinski definition) is 1. The number of esters is 2. The molecule has 1 N–H and O–H groups in total. The number of fused-ring (bicyclic) bond motifs is 1. The van der Waals surface area contributed by atoms with Gasteiger partial charge in [-0.3, -0.25) is 14.9 Å². The smallest absolute Gasteiger partial charge is 0.408 e. The SMILES string of the molecule is CCCCOC(=O)C(CC)NC(=O)OC(C)(C)C.COC(=O)COc1ccc([N+](=O)[O-])c2c1CCN2C(C)=O. The van der Waals surface area contributed by atoms with Crippen molar-refractivity contribution in [3.05, 3.63) is 27.8 Å². The van der Waals surface area contributed by atoms with E-state index in [1.807, 2.05) is 13.8 Å². The van der Waals surface area contributed by atoms with Crippen LogP contribution >= 0.6 is 0 Å². The Bertz CT molecular complexity index is 1040. The van der Waals surface area contributed by atoms with E-state index in [1.54, 1.807) is 20.8 Å². The number of anilines is 1. The molecule has 0 spiro atoms. The maximum atomic E-state index is 11.7. The first-order valence-corrected chi connectivity index (χ1v) is 12.7. The zero-order valence-corrected chi connectivity index (χ0v) is 23.7. The molecule has 0 aliphatic carbocycles. The van der Waals surface area contributed by atoms with Crippen molar-refractivity contribution >= 4 is 35.3 Å². The van der Waals surface area contributed by atoms with E-state index >= 15 is 0 Å². The van der Waals surface area contributed by atoms with Crippen LogP contribution in [0.4, 0.5) is 16.2 Å². The van der Waals surface area contributed by atoms with E-state index in [2.05, 4.69) is 10.1 Å². The van der Waals surface area contributed by atoms with Crippen molar-refractivity contribution in [3.63, 3.8) is 0 Å². The van der Waals surface area contributed by atoms with Gasteiger partial charge in [-0.25, -0.2) is 14.4 Å². The molecule has 0 saturated heterocycles. The van der Waals surface area contributed by atoms with Crippen molar-refractivity contribution in [1.29, 1.82) is 0 Å². The molecular formula is C26H39N3O10. The van der Waals surface area contributed by atoms with Gasteiger partial charge in [-0.15, -0.1) is 0 Å². The third kappa shape index (κ3) is 10.8. The Labute approximate surface area is 228 Å².